The predicted octanol–water partition coefficient (Wildman–Crippen LogP) is 1.69. The van der Waals surface area contributed by atoms with Crippen LogP contribution in [0.25, 0.3) is 0 Å². The smallest absolute Gasteiger partial charge is 0.276 e. The Morgan fingerprint density at radius 3 is 2.31 bits per heavy atom. The summed E-state index contributed by atoms with van der Waals surface area (Å²) in [7, 11) is -0.863. The van der Waals surface area contributed by atoms with Crippen molar-refractivity contribution in [2.24, 2.45) is 0 Å². The molecule has 2 aromatic rings. The first-order chi connectivity index (χ1) is 15.2. The minimum Gasteiger partial charge on any atom is -0.484 e. The number of rotatable bonds is 7. The van der Waals surface area contributed by atoms with Gasteiger partial charge in [-0.15, -0.1) is 0 Å². The molecule has 1 aliphatic rings. The van der Waals surface area contributed by atoms with Crippen LogP contribution in [0.2, 0.25) is 0 Å². The van der Waals surface area contributed by atoms with Gasteiger partial charge >= 0.3 is 0 Å². The fourth-order valence-corrected chi connectivity index (χ4v) is 4.24. The lowest BCUT2D eigenvalue weighted by molar-refractivity contribution is -0.123. The summed E-state index contributed by atoms with van der Waals surface area (Å²) >= 11 is 0. The lowest BCUT2D eigenvalue weighted by atomic mass is 10.1. The molecule has 0 radical (unpaired) electrons. The number of ether oxygens (including phenoxy) is 1. The van der Waals surface area contributed by atoms with Gasteiger partial charge in [0, 0.05) is 32.9 Å². The molecule has 0 spiro atoms. The second kappa shape index (κ2) is 10.0. The van der Waals surface area contributed by atoms with Gasteiger partial charge in [-0.3, -0.25) is 20.4 Å². The second-order valence-corrected chi connectivity index (χ2v) is 9.92. The first-order valence-electron chi connectivity index (χ1n) is 10.3. The first kappa shape index (κ1) is 23.6. The molecule has 1 heterocycles. The zero-order valence-electron chi connectivity index (χ0n) is 18.4. The van der Waals surface area contributed by atoms with E-state index in [0.717, 1.165) is 35.8 Å². The molecular weight excluding hydrogens is 432 g/mol. The number of aryl methyl sites for hydroxylation is 1. The Morgan fingerprint density at radius 1 is 1.03 bits per heavy atom. The number of hydrogen-bond acceptors (Lipinski definition) is 6. The van der Waals surface area contributed by atoms with Crippen LogP contribution in [0.1, 0.15) is 28.8 Å². The number of hydrogen-bond donors (Lipinski definition) is 2. The highest BCUT2D eigenvalue weighted by molar-refractivity contribution is 7.89. The number of carbonyl (C=O) groups excluding carboxylic acids is 2. The van der Waals surface area contributed by atoms with E-state index in [1.54, 1.807) is 18.2 Å². The fraction of sp³-hybridized carbons (Fsp3) is 0.364. The van der Waals surface area contributed by atoms with Gasteiger partial charge in [-0.25, -0.2) is 12.7 Å². The highest BCUT2D eigenvalue weighted by atomic mass is 32.2. The molecule has 32 heavy (non-hydrogen) atoms. The summed E-state index contributed by atoms with van der Waals surface area (Å²) in [5.74, 6) is -0.611. The van der Waals surface area contributed by atoms with E-state index in [4.69, 9.17) is 4.74 Å². The first-order valence-corrected chi connectivity index (χ1v) is 11.7. The summed E-state index contributed by atoms with van der Waals surface area (Å²) < 4.78 is 31.6. The zero-order valence-corrected chi connectivity index (χ0v) is 19.2. The van der Waals surface area contributed by atoms with Crippen molar-refractivity contribution in [1.29, 1.82) is 0 Å². The molecule has 1 saturated heterocycles. The Morgan fingerprint density at radius 2 is 1.69 bits per heavy atom. The zero-order chi connectivity index (χ0) is 23.3. The molecule has 2 amide bonds. The summed E-state index contributed by atoms with van der Waals surface area (Å²) in [6.45, 7) is 3.21. The van der Waals surface area contributed by atoms with Crippen molar-refractivity contribution >= 4 is 27.5 Å². The van der Waals surface area contributed by atoms with Gasteiger partial charge < -0.3 is 9.64 Å². The standard InChI is InChI=1S/C22H28N4O5S/c1-16-6-8-17(9-7-16)31-15-21(27)23-24-22(28)19-14-18(32(29,30)25(2)3)10-11-20(19)26-12-4-5-13-26/h6-11,14H,4-5,12-13,15H2,1-3H3,(H,23,27)(H,24,28). The number of anilines is 1. The lowest BCUT2D eigenvalue weighted by Gasteiger charge is -2.22. The van der Waals surface area contributed by atoms with E-state index in [1.165, 1.54) is 26.2 Å². The van der Waals surface area contributed by atoms with Crippen molar-refractivity contribution in [2.75, 3.05) is 38.7 Å². The fourth-order valence-electron chi connectivity index (χ4n) is 3.32. The van der Waals surface area contributed by atoms with Gasteiger partial charge in [0.15, 0.2) is 6.61 Å². The van der Waals surface area contributed by atoms with Crippen LogP contribution in [0.15, 0.2) is 47.4 Å². The Labute approximate surface area is 188 Å². The van der Waals surface area contributed by atoms with Gasteiger partial charge in [0.25, 0.3) is 11.8 Å². The molecule has 172 valence electrons. The summed E-state index contributed by atoms with van der Waals surface area (Å²) in [6.07, 6.45) is 1.98. The molecule has 2 aromatic carbocycles. The summed E-state index contributed by atoms with van der Waals surface area (Å²) in [5.41, 5.74) is 6.56. The van der Waals surface area contributed by atoms with Crippen LogP contribution in [-0.4, -0.2) is 58.3 Å². The van der Waals surface area contributed by atoms with Gasteiger partial charge in [0.05, 0.1) is 10.5 Å². The number of nitrogens with zero attached hydrogens (tertiary/aromatic N) is 2. The maximum atomic E-state index is 12.9. The minimum absolute atomic E-state index is 0.00429. The van der Waals surface area contributed by atoms with E-state index in [9.17, 15) is 18.0 Å². The molecule has 0 aromatic heterocycles. The average molecular weight is 461 g/mol. The molecular formula is C22H28N4O5S. The van der Waals surface area contributed by atoms with E-state index in [-0.39, 0.29) is 17.1 Å². The highest BCUT2D eigenvalue weighted by Gasteiger charge is 2.24. The van der Waals surface area contributed by atoms with Crippen molar-refractivity contribution in [3.05, 3.63) is 53.6 Å². The summed E-state index contributed by atoms with van der Waals surface area (Å²) in [6, 6.07) is 11.7. The molecule has 10 heteroatoms. The Kier molecular flexibility index (Phi) is 7.37. The van der Waals surface area contributed by atoms with Crippen LogP contribution in [0.3, 0.4) is 0 Å². The van der Waals surface area contributed by atoms with Crippen LogP contribution >= 0.6 is 0 Å². The maximum Gasteiger partial charge on any atom is 0.276 e. The van der Waals surface area contributed by atoms with E-state index >= 15 is 0 Å². The SMILES string of the molecule is Cc1ccc(OCC(=O)NNC(=O)c2cc(S(=O)(=O)N(C)C)ccc2N2CCCC2)cc1. The third-order valence-corrected chi connectivity index (χ3v) is 6.96. The van der Waals surface area contributed by atoms with Gasteiger partial charge in [-0.1, -0.05) is 17.7 Å². The van der Waals surface area contributed by atoms with E-state index in [0.29, 0.717) is 11.4 Å². The molecule has 0 saturated carbocycles. The minimum atomic E-state index is -3.72. The lowest BCUT2D eigenvalue weighted by Crippen LogP contribution is -2.44. The van der Waals surface area contributed by atoms with E-state index < -0.39 is 21.8 Å². The monoisotopic (exact) mass is 460 g/mol. The van der Waals surface area contributed by atoms with Crippen LogP contribution in [0.4, 0.5) is 5.69 Å². The average Bonchev–Trinajstić information content (AvgIpc) is 3.31. The predicted molar refractivity (Wildman–Crippen MR) is 121 cm³/mol. The summed E-state index contributed by atoms with van der Waals surface area (Å²) in [5, 5.41) is 0. The van der Waals surface area contributed by atoms with Gasteiger partial charge in [-0.05, 0) is 50.1 Å². The summed E-state index contributed by atoms with van der Waals surface area (Å²) in [4.78, 5) is 27.0. The highest BCUT2D eigenvalue weighted by Crippen LogP contribution is 2.28. The number of sulfonamides is 1. The number of benzene rings is 2. The quantitative estimate of drug-likeness (QED) is 0.609. The molecule has 0 atom stereocenters. The molecule has 0 bridgehead atoms. The number of nitrogens with one attached hydrogen (secondary N) is 2. The molecule has 3 rings (SSSR count). The van der Waals surface area contributed by atoms with Gasteiger partial charge in [0.1, 0.15) is 5.75 Å². The van der Waals surface area contributed by atoms with Crippen molar-refractivity contribution in [1.82, 2.24) is 15.2 Å². The topological polar surface area (TPSA) is 108 Å². The van der Waals surface area contributed by atoms with Crippen LogP contribution in [0, 0.1) is 6.92 Å². The number of amides is 2. The van der Waals surface area contributed by atoms with Gasteiger partial charge in [0.2, 0.25) is 10.0 Å². The van der Waals surface area contributed by atoms with Crippen LogP contribution in [-0.2, 0) is 14.8 Å². The molecule has 0 aliphatic carbocycles. The van der Waals surface area contributed by atoms with Crippen molar-refractivity contribution in [3.8, 4) is 5.75 Å². The molecule has 1 fully saturated rings. The third kappa shape index (κ3) is 5.57. The Hall–Kier alpha value is -3.11. The van der Waals surface area contributed by atoms with Gasteiger partial charge in [-0.2, -0.15) is 0 Å². The molecule has 1 aliphatic heterocycles. The maximum absolute atomic E-state index is 12.9. The Bertz CT molecular complexity index is 1080. The van der Waals surface area contributed by atoms with Crippen molar-refractivity contribution in [2.45, 2.75) is 24.7 Å². The molecule has 2 N–H and O–H groups in total. The largest absolute Gasteiger partial charge is 0.484 e. The van der Waals surface area contributed by atoms with Crippen LogP contribution in [0.5, 0.6) is 5.75 Å². The Balaban J connectivity index is 1.71. The van der Waals surface area contributed by atoms with Crippen molar-refractivity contribution < 1.29 is 22.7 Å². The van der Waals surface area contributed by atoms with Crippen LogP contribution < -0.4 is 20.5 Å². The van der Waals surface area contributed by atoms with E-state index in [2.05, 4.69) is 10.9 Å². The second-order valence-electron chi connectivity index (χ2n) is 7.76. The number of hydrazine groups is 1. The normalized spacial score (nSPS) is 13.8. The third-order valence-electron chi connectivity index (χ3n) is 5.14. The number of carbonyl (C=O) groups is 2. The molecule has 0 unspecified atom stereocenters. The van der Waals surface area contributed by atoms with E-state index in [1.807, 2.05) is 24.0 Å². The molecule has 9 nitrogen and oxygen atoms in total. The van der Waals surface area contributed by atoms with Crippen molar-refractivity contribution in [3.63, 3.8) is 0 Å².